The molecule has 2 N–H and O–H groups in total. The van der Waals surface area contributed by atoms with Gasteiger partial charge in [0.05, 0.1) is 31.0 Å². The molecular formula is C22H24ClFN3O3+. The van der Waals surface area contributed by atoms with E-state index in [0.717, 1.165) is 0 Å². The van der Waals surface area contributed by atoms with Crippen LogP contribution in [0.4, 0.5) is 10.1 Å². The third-order valence-corrected chi connectivity index (χ3v) is 6.74. The van der Waals surface area contributed by atoms with Crippen LogP contribution >= 0.6 is 11.6 Å². The number of quaternary nitrogens is 1. The molecule has 0 bridgehead atoms. The molecule has 0 aromatic heterocycles. The van der Waals surface area contributed by atoms with E-state index < -0.39 is 17.8 Å². The van der Waals surface area contributed by atoms with E-state index in [1.807, 2.05) is 0 Å². The molecule has 2 heterocycles. The second-order valence-electron chi connectivity index (χ2n) is 7.97. The maximum Gasteiger partial charge on any atom is 0.295 e. The van der Waals surface area contributed by atoms with Gasteiger partial charge in [0, 0.05) is 18.5 Å². The Morgan fingerprint density at radius 2 is 2.03 bits per heavy atom. The molecule has 30 heavy (non-hydrogen) atoms. The number of nitrogens with zero attached hydrogens (tertiary/aromatic N) is 1. The molecule has 0 aliphatic carbocycles. The molecule has 158 valence electrons. The lowest BCUT2D eigenvalue weighted by molar-refractivity contribution is -0.953. The smallest absolute Gasteiger partial charge is 0.295 e. The first kappa shape index (κ1) is 20.6. The number of hydrogen-bond acceptors (Lipinski definition) is 3. The van der Waals surface area contributed by atoms with Gasteiger partial charge in [-0.1, -0.05) is 23.7 Å². The molecule has 1 saturated heterocycles. The van der Waals surface area contributed by atoms with Gasteiger partial charge in [0.1, 0.15) is 12.3 Å². The Labute approximate surface area is 179 Å². The zero-order chi connectivity index (χ0) is 21.7. The second kappa shape index (κ2) is 7.25. The number of halogens is 2. The largest absolute Gasteiger partial charge is 0.496 e. The Hall–Kier alpha value is -2.64. The molecule has 0 radical (unpaired) electrons. The van der Waals surface area contributed by atoms with E-state index in [4.69, 9.17) is 16.3 Å². The Bertz CT molecular complexity index is 1030. The van der Waals surface area contributed by atoms with E-state index in [0.29, 0.717) is 27.6 Å². The highest BCUT2D eigenvalue weighted by Crippen LogP contribution is 2.55. The summed E-state index contributed by atoms with van der Waals surface area (Å²) in [6, 6.07) is 11.5. The summed E-state index contributed by atoms with van der Waals surface area (Å²) in [7, 11) is 4.81. The molecule has 0 spiro atoms. The van der Waals surface area contributed by atoms with Gasteiger partial charge in [-0.2, -0.15) is 0 Å². The number of benzene rings is 2. The number of likely N-dealkylation sites (N-methyl/N-ethyl adjacent to an activating group) is 2. The molecule has 1 fully saturated rings. The van der Waals surface area contributed by atoms with Gasteiger partial charge in [0.15, 0.2) is 12.2 Å². The number of likely N-dealkylation sites (tertiary alicyclic amines) is 1. The third-order valence-electron chi connectivity index (χ3n) is 6.50. The quantitative estimate of drug-likeness (QED) is 0.730. The van der Waals surface area contributed by atoms with Gasteiger partial charge in [0.25, 0.3) is 11.8 Å². The van der Waals surface area contributed by atoms with Crippen molar-refractivity contribution in [2.24, 2.45) is 0 Å². The molecular weight excluding hydrogens is 409 g/mol. The lowest BCUT2D eigenvalue weighted by Gasteiger charge is -2.48. The predicted octanol–water partition coefficient (Wildman–Crippen LogP) is 2.85. The zero-order valence-corrected chi connectivity index (χ0v) is 17.8. The van der Waals surface area contributed by atoms with Crippen molar-refractivity contribution in [2.45, 2.75) is 24.2 Å². The highest BCUT2D eigenvalue weighted by Gasteiger charge is 2.69. The normalized spacial score (nSPS) is 30.0. The van der Waals surface area contributed by atoms with Crippen LogP contribution in [0.25, 0.3) is 0 Å². The summed E-state index contributed by atoms with van der Waals surface area (Å²) in [6.45, 7) is -0.00446. The van der Waals surface area contributed by atoms with Gasteiger partial charge < -0.3 is 15.4 Å². The third kappa shape index (κ3) is 2.65. The average Bonchev–Trinajstić information content (AvgIpc) is 3.20. The first-order chi connectivity index (χ1) is 14.3. The summed E-state index contributed by atoms with van der Waals surface area (Å²) in [5.41, 5.74) is 0.351. The van der Waals surface area contributed by atoms with Crippen LogP contribution in [0.15, 0.2) is 42.5 Å². The number of carbonyl (C=O) groups excluding carboxylic acids is 2. The number of alkyl halides is 1. The van der Waals surface area contributed by atoms with E-state index in [1.165, 1.54) is 14.2 Å². The van der Waals surface area contributed by atoms with Crippen molar-refractivity contribution in [1.82, 2.24) is 5.32 Å². The monoisotopic (exact) mass is 432 g/mol. The van der Waals surface area contributed by atoms with Gasteiger partial charge in [-0.15, -0.1) is 0 Å². The second-order valence-corrected chi connectivity index (χ2v) is 8.40. The number of carbonyl (C=O) groups is 2. The fraction of sp³-hybridized carbons (Fsp3) is 0.364. The molecule has 2 aliphatic heterocycles. The van der Waals surface area contributed by atoms with Crippen molar-refractivity contribution in [3.8, 4) is 5.75 Å². The summed E-state index contributed by atoms with van der Waals surface area (Å²) < 4.78 is 20.3. The molecule has 6 nitrogen and oxygen atoms in total. The summed E-state index contributed by atoms with van der Waals surface area (Å²) >= 11 is 6.34. The predicted molar refractivity (Wildman–Crippen MR) is 112 cm³/mol. The SMILES string of the molecule is CNC(=O)[C@@H]1C[C@H](F)C[N+]1(C)C1(c2ccccc2OC)C(=O)Nc2ccc(Cl)cc21. The van der Waals surface area contributed by atoms with Crippen molar-refractivity contribution in [2.75, 3.05) is 33.1 Å². The van der Waals surface area contributed by atoms with Gasteiger partial charge >= 0.3 is 0 Å². The maximum absolute atomic E-state index is 14.9. The van der Waals surface area contributed by atoms with Crippen LogP contribution < -0.4 is 15.4 Å². The number of ether oxygens (including phenoxy) is 1. The number of amides is 2. The Kier molecular flexibility index (Phi) is 4.98. The molecule has 2 unspecified atom stereocenters. The topological polar surface area (TPSA) is 67.4 Å². The lowest BCUT2D eigenvalue weighted by atomic mass is 9.78. The van der Waals surface area contributed by atoms with Crippen LogP contribution in [0.3, 0.4) is 0 Å². The fourth-order valence-corrected chi connectivity index (χ4v) is 5.42. The first-order valence-corrected chi connectivity index (χ1v) is 10.1. The van der Waals surface area contributed by atoms with Crippen molar-refractivity contribution in [3.05, 3.63) is 58.6 Å². The van der Waals surface area contributed by atoms with E-state index >= 15 is 0 Å². The molecule has 0 saturated carbocycles. The van der Waals surface area contributed by atoms with Crippen molar-refractivity contribution >= 4 is 29.1 Å². The maximum atomic E-state index is 14.9. The van der Waals surface area contributed by atoms with Crippen LogP contribution in [0.5, 0.6) is 5.75 Å². The Morgan fingerprint density at radius 1 is 1.30 bits per heavy atom. The standard InChI is InChI=1S/C22H23ClFN3O3/c1-25-20(28)18-11-14(24)12-27(18,2)22(15-6-4-5-7-19(15)30-3)16-10-13(23)8-9-17(16)26-21(22)29/h4-10,14,18H,11-12H2,1-3H3,(H-,25,26,28,29)/p+1/t14-,18-,22?,27?/m0/s1. The molecule has 2 aromatic rings. The number of fused-ring (bicyclic) bond motifs is 1. The minimum atomic E-state index is -1.41. The number of hydrogen-bond donors (Lipinski definition) is 2. The Balaban J connectivity index is 2.11. The molecule has 4 rings (SSSR count). The van der Waals surface area contributed by atoms with E-state index in [-0.39, 0.29) is 29.3 Å². The summed E-state index contributed by atoms with van der Waals surface area (Å²) in [4.78, 5) is 26.7. The molecule has 2 aliphatic rings. The highest BCUT2D eigenvalue weighted by molar-refractivity contribution is 6.31. The minimum Gasteiger partial charge on any atom is -0.496 e. The number of methoxy groups -OCH3 is 1. The van der Waals surface area contributed by atoms with E-state index in [2.05, 4.69) is 10.6 Å². The molecule has 8 heteroatoms. The van der Waals surface area contributed by atoms with Crippen molar-refractivity contribution < 1.29 is 23.2 Å². The minimum absolute atomic E-state index is 0.00446. The van der Waals surface area contributed by atoms with Crippen LogP contribution in [-0.2, 0) is 15.1 Å². The van der Waals surface area contributed by atoms with Crippen molar-refractivity contribution in [1.29, 1.82) is 0 Å². The van der Waals surface area contributed by atoms with Gasteiger partial charge in [-0.25, -0.2) is 4.39 Å². The molecule has 2 aromatic carbocycles. The summed E-state index contributed by atoms with van der Waals surface area (Å²) in [6.07, 6.45) is -1.21. The van der Waals surface area contributed by atoms with Gasteiger partial charge in [0.2, 0.25) is 5.54 Å². The van der Waals surface area contributed by atoms with Crippen LogP contribution in [0.1, 0.15) is 17.5 Å². The molecule has 4 atom stereocenters. The van der Waals surface area contributed by atoms with Crippen LogP contribution in [0, 0.1) is 0 Å². The fourth-order valence-electron chi connectivity index (χ4n) is 5.24. The number of anilines is 1. The lowest BCUT2D eigenvalue weighted by Crippen LogP contribution is -2.68. The van der Waals surface area contributed by atoms with Crippen molar-refractivity contribution in [3.63, 3.8) is 0 Å². The highest BCUT2D eigenvalue weighted by atomic mass is 35.5. The number of nitrogens with one attached hydrogen (secondary N) is 2. The number of para-hydroxylation sites is 1. The molecule has 2 amide bonds. The van der Waals surface area contributed by atoms with E-state index in [9.17, 15) is 14.0 Å². The van der Waals surface area contributed by atoms with Crippen LogP contribution in [-0.4, -0.2) is 56.3 Å². The number of rotatable bonds is 4. The van der Waals surface area contributed by atoms with E-state index in [1.54, 1.807) is 49.5 Å². The van der Waals surface area contributed by atoms with Crippen LogP contribution in [0.2, 0.25) is 5.02 Å². The Morgan fingerprint density at radius 3 is 2.73 bits per heavy atom. The average molecular weight is 433 g/mol. The van der Waals surface area contributed by atoms with Gasteiger partial charge in [-0.05, 0) is 30.3 Å². The van der Waals surface area contributed by atoms with Gasteiger partial charge in [-0.3, -0.25) is 14.1 Å². The zero-order valence-electron chi connectivity index (χ0n) is 17.0. The summed E-state index contributed by atoms with van der Waals surface area (Å²) in [5.74, 6) is -0.164. The summed E-state index contributed by atoms with van der Waals surface area (Å²) in [5, 5.41) is 6.03. The first-order valence-electron chi connectivity index (χ1n) is 9.75.